The summed E-state index contributed by atoms with van der Waals surface area (Å²) in [6, 6.07) is 0. The Morgan fingerprint density at radius 3 is 1.14 bits per heavy atom. The number of halogens is 3. The van der Waals surface area contributed by atoms with Gasteiger partial charge in [-0.2, -0.15) is 0 Å². The predicted molar refractivity (Wildman–Crippen MR) is 47.1 cm³/mol. The van der Waals surface area contributed by atoms with E-state index in [1.807, 2.05) is 0 Å². The van der Waals surface area contributed by atoms with Gasteiger partial charge in [0.15, 0.2) is 0 Å². The number of hydrogen-bond acceptors (Lipinski definition) is 0. The van der Waals surface area contributed by atoms with E-state index in [2.05, 4.69) is 47.8 Å². The van der Waals surface area contributed by atoms with Crippen LogP contribution in [-0.4, -0.2) is 30.7 Å². The van der Waals surface area contributed by atoms with E-state index >= 15 is 0 Å². The molecule has 0 spiro atoms. The van der Waals surface area contributed by atoms with E-state index in [0.29, 0.717) is 0 Å². The molecule has 0 radical (unpaired) electrons. The fraction of sp³-hybridized carbons (Fsp3) is 1.00. The van der Waals surface area contributed by atoms with Crippen LogP contribution in [0.1, 0.15) is 0 Å². The molecule has 0 aromatic carbocycles. The van der Waals surface area contributed by atoms with Gasteiger partial charge in [0.25, 0.3) is 0 Å². The molecule has 7 heavy (non-hydrogen) atoms. The first-order chi connectivity index (χ1) is 3.35. The summed E-state index contributed by atoms with van der Waals surface area (Å²) in [6.45, 7) is 0. The van der Waals surface area contributed by atoms with Crippen molar-refractivity contribution < 1.29 is 0 Å². The summed E-state index contributed by atoms with van der Waals surface area (Å²) in [5.41, 5.74) is 0. The van der Waals surface area contributed by atoms with E-state index < -0.39 is 21.4 Å². The number of alkyl halides is 3. The molecule has 0 fully saturated rings. The first-order valence-corrected chi connectivity index (χ1v) is 12.4. The second kappa shape index (κ2) is 6.43. The van der Waals surface area contributed by atoms with E-state index in [1.165, 1.54) is 9.26 Å². The molecule has 0 aliphatic carbocycles. The Hall–Kier alpha value is 2.31. The first-order valence-electron chi connectivity index (χ1n) is 2.03. The minimum absolute atomic E-state index is 1.01. The van der Waals surface area contributed by atoms with Gasteiger partial charge in [0.1, 0.15) is 0 Å². The molecule has 0 N–H and O–H groups in total. The van der Waals surface area contributed by atoms with Crippen molar-refractivity contribution >= 4 is 69.2 Å². The summed E-state index contributed by atoms with van der Waals surface area (Å²) in [5, 5.41) is 0. The number of hydrogen-bond donors (Lipinski definition) is 0. The third-order valence-corrected chi connectivity index (χ3v) is 22.8. The summed E-state index contributed by atoms with van der Waals surface area (Å²) < 4.78 is 3.85. The van der Waals surface area contributed by atoms with Crippen LogP contribution in [0, 0.1) is 0 Å². The van der Waals surface area contributed by atoms with Gasteiger partial charge in [0, 0.05) is 0 Å². The van der Waals surface area contributed by atoms with E-state index in [1.54, 1.807) is 0 Å². The molecule has 4 heteroatoms. The molecule has 0 saturated heterocycles. The number of rotatable bonds is 3. The molecule has 0 saturated carbocycles. The van der Waals surface area contributed by atoms with Crippen molar-refractivity contribution in [2.24, 2.45) is 0 Å². The fourth-order valence-electron chi connectivity index (χ4n) is 0.124. The molecule has 0 aliphatic rings. The molecule has 0 bridgehead atoms. The second-order valence-electron chi connectivity index (χ2n) is 1.33. The molecule has 42 valence electrons. The van der Waals surface area contributed by atoms with Crippen LogP contribution in [-0.2, 0) is 0 Å². The molecule has 0 amide bonds. The zero-order valence-electron chi connectivity index (χ0n) is 3.83. The van der Waals surface area contributed by atoms with Gasteiger partial charge >= 0.3 is 78.5 Å². The molecule has 0 aromatic heterocycles. The van der Waals surface area contributed by atoms with E-state index in [9.17, 15) is 0 Å². The molecule has 0 heterocycles. The van der Waals surface area contributed by atoms with E-state index in [4.69, 9.17) is 0 Å². The van der Waals surface area contributed by atoms with Crippen molar-refractivity contribution in [3.8, 4) is 0 Å². The monoisotopic (exact) mass is 394 g/mol. The van der Waals surface area contributed by atoms with Gasteiger partial charge in [-0.25, -0.2) is 0 Å². The maximum atomic E-state index is 3.47. The Kier molecular flexibility index (Phi) is 8.55. The van der Waals surface area contributed by atoms with Crippen molar-refractivity contribution in [2.75, 3.05) is 9.26 Å². The predicted octanol–water partition coefficient (Wildman–Crippen LogP) is 2.28. The maximum absolute atomic E-state index is 3.47. The van der Waals surface area contributed by atoms with Crippen LogP contribution in [0.3, 0.4) is 0 Å². The van der Waals surface area contributed by atoms with Crippen molar-refractivity contribution in [3.63, 3.8) is 0 Å². The van der Waals surface area contributed by atoms with E-state index in [0.717, 1.165) is 0 Å². The Morgan fingerprint density at radius 1 is 0.857 bits per heavy atom. The fourth-order valence-corrected chi connectivity index (χ4v) is 22.4. The van der Waals surface area contributed by atoms with Crippen LogP contribution in [0.15, 0.2) is 0 Å². The summed E-state index contributed by atoms with van der Waals surface area (Å²) in [6.07, 6.45) is 0. The molecular formula is C3H6Br3In. The van der Waals surface area contributed by atoms with Crippen LogP contribution in [0.25, 0.3) is 0 Å². The summed E-state index contributed by atoms with van der Waals surface area (Å²) >= 11 is 9.39. The average molecular weight is 397 g/mol. The normalized spacial score (nSPS) is 9.00. The Balaban J connectivity index is 2.99. The standard InChI is InChI=1S/3CH2Br.In/c3*1-2;/h3*1H2;. The molecular weight excluding hydrogens is 391 g/mol. The van der Waals surface area contributed by atoms with Crippen LogP contribution in [0.5, 0.6) is 0 Å². The van der Waals surface area contributed by atoms with Gasteiger partial charge in [0.2, 0.25) is 0 Å². The molecule has 0 rings (SSSR count). The summed E-state index contributed by atoms with van der Waals surface area (Å²) in [5.74, 6) is 0. The van der Waals surface area contributed by atoms with Gasteiger partial charge in [-0.1, -0.05) is 0 Å². The summed E-state index contributed by atoms with van der Waals surface area (Å²) in [4.78, 5) is 0. The Bertz CT molecular complexity index is 31.7. The molecule has 0 nitrogen and oxygen atoms in total. The zero-order valence-corrected chi connectivity index (χ0v) is 11.9. The molecule has 0 aromatic rings. The zero-order chi connectivity index (χ0) is 5.70. The van der Waals surface area contributed by atoms with Gasteiger partial charge in [-0.15, -0.1) is 0 Å². The second-order valence-corrected chi connectivity index (χ2v) is 21.9. The van der Waals surface area contributed by atoms with E-state index in [-0.39, 0.29) is 0 Å². The Morgan fingerprint density at radius 2 is 1.14 bits per heavy atom. The first kappa shape index (κ1) is 9.31. The van der Waals surface area contributed by atoms with Crippen molar-refractivity contribution in [3.05, 3.63) is 0 Å². The molecule has 0 atom stereocenters. The topological polar surface area (TPSA) is 0 Å². The van der Waals surface area contributed by atoms with Crippen molar-refractivity contribution in [2.45, 2.75) is 0 Å². The van der Waals surface area contributed by atoms with Crippen LogP contribution in [0.2, 0.25) is 0 Å². The quantitative estimate of drug-likeness (QED) is 0.642. The van der Waals surface area contributed by atoms with Crippen molar-refractivity contribution in [1.82, 2.24) is 0 Å². The van der Waals surface area contributed by atoms with Gasteiger partial charge < -0.3 is 0 Å². The Labute approximate surface area is 77.3 Å². The summed E-state index contributed by atoms with van der Waals surface area (Å²) in [7, 11) is 0. The van der Waals surface area contributed by atoms with Crippen LogP contribution < -0.4 is 0 Å². The van der Waals surface area contributed by atoms with Crippen molar-refractivity contribution in [1.29, 1.82) is 0 Å². The van der Waals surface area contributed by atoms with Gasteiger partial charge in [0.05, 0.1) is 0 Å². The third-order valence-electron chi connectivity index (χ3n) is 0.655. The third kappa shape index (κ3) is 4.79. The SMILES string of the molecule is Br[CH2][In]([CH2]Br)[CH2]Br. The average Bonchev–Trinajstić information content (AvgIpc) is 1.72. The van der Waals surface area contributed by atoms with Crippen LogP contribution in [0.4, 0.5) is 0 Å². The van der Waals surface area contributed by atoms with Gasteiger partial charge in [-0.05, 0) is 0 Å². The van der Waals surface area contributed by atoms with Crippen LogP contribution >= 0.6 is 47.8 Å². The molecule has 0 aliphatic heterocycles. The van der Waals surface area contributed by atoms with Gasteiger partial charge in [-0.3, -0.25) is 0 Å². The minimum atomic E-state index is -1.01. The molecule has 0 unspecified atom stereocenters.